The van der Waals surface area contributed by atoms with E-state index in [1.165, 1.54) is 24.5 Å². The van der Waals surface area contributed by atoms with Crippen molar-refractivity contribution in [2.24, 2.45) is 0 Å². The number of nitrogens with zero attached hydrogens (tertiary/aromatic N) is 1. The minimum absolute atomic E-state index is 0.0852. The van der Waals surface area contributed by atoms with Gasteiger partial charge in [-0.3, -0.25) is 4.98 Å². The number of aliphatic hydroxyl groups is 5. The summed E-state index contributed by atoms with van der Waals surface area (Å²) in [5.41, 5.74) is 0.0852. The molecule has 1 heterocycles. The molecule has 0 spiro atoms. The van der Waals surface area contributed by atoms with Crippen molar-refractivity contribution in [1.29, 1.82) is 0 Å². The van der Waals surface area contributed by atoms with Crippen LogP contribution in [-0.2, 0) is 4.74 Å². The monoisotopic (exact) mass is 285 g/mol. The van der Waals surface area contributed by atoms with Crippen LogP contribution in [0.5, 0.6) is 0 Å². The number of esters is 1. The van der Waals surface area contributed by atoms with Gasteiger partial charge in [-0.15, -0.1) is 0 Å². The van der Waals surface area contributed by atoms with E-state index in [4.69, 9.17) is 4.74 Å². The minimum Gasteiger partial charge on any atom is -0.453 e. The molecule has 5 N–H and O–H groups in total. The van der Waals surface area contributed by atoms with E-state index in [1.54, 1.807) is 0 Å². The highest BCUT2D eigenvalue weighted by Gasteiger charge is 2.50. The Morgan fingerprint density at radius 3 is 2.05 bits per heavy atom. The second-order valence-corrected chi connectivity index (χ2v) is 4.56. The van der Waals surface area contributed by atoms with Gasteiger partial charge in [-0.25, -0.2) is 4.79 Å². The number of hydrogen-bond donors (Lipinski definition) is 5. The van der Waals surface area contributed by atoms with Crippen LogP contribution in [-0.4, -0.2) is 73.1 Å². The fraction of sp³-hybridized carbons (Fsp3) is 0.500. The van der Waals surface area contributed by atoms with Crippen LogP contribution in [0.15, 0.2) is 24.5 Å². The fourth-order valence-corrected chi connectivity index (χ4v) is 2.01. The van der Waals surface area contributed by atoms with Crippen molar-refractivity contribution in [3.05, 3.63) is 30.1 Å². The minimum atomic E-state index is -1.74. The van der Waals surface area contributed by atoms with Gasteiger partial charge in [-0.2, -0.15) is 0 Å². The van der Waals surface area contributed by atoms with Crippen molar-refractivity contribution in [2.45, 2.75) is 36.6 Å². The maximum absolute atomic E-state index is 11.8. The summed E-state index contributed by atoms with van der Waals surface area (Å²) in [6, 6.07) is 2.91. The summed E-state index contributed by atoms with van der Waals surface area (Å²) >= 11 is 0. The van der Waals surface area contributed by atoms with Gasteiger partial charge >= 0.3 is 5.97 Å². The van der Waals surface area contributed by atoms with Gasteiger partial charge in [0.1, 0.15) is 30.5 Å². The molecule has 1 aromatic rings. The molecule has 2 rings (SSSR count). The van der Waals surface area contributed by atoms with E-state index in [9.17, 15) is 30.3 Å². The third kappa shape index (κ3) is 2.65. The number of rotatable bonds is 2. The molecule has 0 amide bonds. The third-order valence-corrected chi connectivity index (χ3v) is 3.21. The van der Waals surface area contributed by atoms with E-state index < -0.39 is 42.6 Å². The van der Waals surface area contributed by atoms with Crippen LogP contribution in [0, 0.1) is 0 Å². The molecule has 8 nitrogen and oxygen atoms in total. The quantitative estimate of drug-likeness (QED) is 0.373. The predicted molar refractivity (Wildman–Crippen MR) is 63.5 cm³/mol. The largest absolute Gasteiger partial charge is 0.453 e. The predicted octanol–water partition coefficient (Wildman–Crippen LogP) is -2.57. The number of pyridine rings is 1. The Bertz CT molecular complexity index is 452. The van der Waals surface area contributed by atoms with Crippen LogP contribution in [0.3, 0.4) is 0 Å². The van der Waals surface area contributed by atoms with E-state index in [0.29, 0.717) is 0 Å². The van der Waals surface area contributed by atoms with Crippen molar-refractivity contribution in [3.63, 3.8) is 0 Å². The lowest BCUT2D eigenvalue weighted by atomic mass is 9.85. The molecule has 0 aliphatic heterocycles. The van der Waals surface area contributed by atoms with Crippen LogP contribution < -0.4 is 0 Å². The summed E-state index contributed by atoms with van der Waals surface area (Å²) in [4.78, 5) is 15.5. The molecule has 1 saturated carbocycles. The number of carbonyl (C=O) groups is 1. The van der Waals surface area contributed by atoms with Crippen molar-refractivity contribution in [2.75, 3.05) is 0 Å². The van der Waals surface area contributed by atoms with Crippen LogP contribution in [0.4, 0.5) is 0 Å². The third-order valence-electron chi connectivity index (χ3n) is 3.21. The van der Waals surface area contributed by atoms with Gasteiger partial charge in [0, 0.05) is 12.4 Å². The van der Waals surface area contributed by atoms with E-state index in [0.717, 1.165) is 0 Å². The first-order valence-electron chi connectivity index (χ1n) is 5.95. The molecule has 6 atom stereocenters. The number of ether oxygens (including phenoxy) is 1. The number of aromatic nitrogens is 1. The first-order chi connectivity index (χ1) is 9.43. The lowest BCUT2D eigenvalue weighted by molar-refractivity contribution is -0.223. The van der Waals surface area contributed by atoms with E-state index in [2.05, 4.69) is 4.98 Å². The smallest absolute Gasteiger partial charge is 0.340 e. The Morgan fingerprint density at radius 1 is 1.00 bits per heavy atom. The molecule has 1 fully saturated rings. The topological polar surface area (TPSA) is 140 Å². The summed E-state index contributed by atoms with van der Waals surface area (Å²) in [5, 5.41) is 47.8. The normalized spacial score (nSPS) is 37.5. The zero-order valence-corrected chi connectivity index (χ0v) is 10.3. The first kappa shape index (κ1) is 14.8. The molecule has 1 aliphatic carbocycles. The second kappa shape index (κ2) is 5.81. The Hall–Kier alpha value is -1.58. The molecule has 1 aromatic heterocycles. The maximum atomic E-state index is 11.8. The SMILES string of the molecule is O=C(OC1[C@@H](O)[C@H](O)C(O)[C@@H](O)[C@H]1O)c1cccnc1. The van der Waals surface area contributed by atoms with Gasteiger partial charge in [0.05, 0.1) is 5.56 Å². The average Bonchev–Trinajstić information content (AvgIpc) is 2.48. The van der Waals surface area contributed by atoms with Crippen molar-refractivity contribution < 1.29 is 35.1 Å². The zero-order chi connectivity index (χ0) is 14.9. The Balaban J connectivity index is 2.13. The van der Waals surface area contributed by atoms with Crippen LogP contribution in [0.2, 0.25) is 0 Å². The molecular formula is C12H15NO7. The van der Waals surface area contributed by atoms with Gasteiger partial charge in [0.2, 0.25) is 0 Å². The van der Waals surface area contributed by atoms with Gasteiger partial charge in [0.25, 0.3) is 0 Å². The molecule has 8 heteroatoms. The van der Waals surface area contributed by atoms with Crippen molar-refractivity contribution in [3.8, 4) is 0 Å². The second-order valence-electron chi connectivity index (χ2n) is 4.56. The number of hydrogen-bond acceptors (Lipinski definition) is 8. The molecule has 0 radical (unpaired) electrons. The summed E-state index contributed by atoms with van der Waals surface area (Å²) in [6.45, 7) is 0. The Kier molecular flexibility index (Phi) is 4.31. The van der Waals surface area contributed by atoms with E-state index in [1.807, 2.05) is 0 Å². The summed E-state index contributed by atoms with van der Waals surface area (Å²) in [5.74, 6) is -0.878. The van der Waals surface area contributed by atoms with Crippen molar-refractivity contribution >= 4 is 5.97 Å². The van der Waals surface area contributed by atoms with Gasteiger partial charge in [-0.1, -0.05) is 0 Å². The molecule has 0 saturated heterocycles. The van der Waals surface area contributed by atoms with Crippen LogP contribution in [0.1, 0.15) is 10.4 Å². The highest BCUT2D eigenvalue weighted by Crippen LogP contribution is 2.24. The molecule has 110 valence electrons. The summed E-state index contributed by atoms with van der Waals surface area (Å²) in [7, 11) is 0. The number of carbonyl (C=O) groups excluding carboxylic acids is 1. The highest BCUT2D eigenvalue weighted by atomic mass is 16.6. The maximum Gasteiger partial charge on any atom is 0.340 e. The molecular weight excluding hydrogens is 270 g/mol. The van der Waals surface area contributed by atoms with Gasteiger partial charge in [-0.05, 0) is 12.1 Å². The zero-order valence-electron chi connectivity index (χ0n) is 10.3. The van der Waals surface area contributed by atoms with E-state index >= 15 is 0 Å². The highest BCUT2D eigenvalue weighted by molar-refractivity contribution is 5.89. The number of aliphatic hydroxyl groups excluding tert-OH is 5. The Morgan fingerprint density at radius 2 is 1.55 bits per heavy atom. The van der Waals surface area contributed by atoms with Gasteiger partial charge < -0.3 is 30.3 Å². The summed E-state index contributed by atoms with van der Waals surface area (Å²) < 4.78 is 4.88. The van der Waals surface area contributed by atoms with Crippen molar-refractivity contribution in [1.82, 2.24) is 4.98 Å². The molecule has 2 unspecified atom stereocenters. The molecule has 0 aromatic carbocycles. The lowest BCUT2D eigenvalue weighted by Crippen LogP contribution is -2.64. The van der Waals surface area contributed by atoms with E-state index in [-0.39, 0.29) is 5.56 Å². The summed E-state index contributed by atoms with van der Waals surface area (Å²) in [6.07, 6.45) is -7.52. The molecule has 1 aliphatic rings. The molecule has 20 heavy (non-hydrogen) atoms. The first-order valence-corrected chi connectivity index (χ1v) is 5.95. The average molecular weight is 285 g/mol. The Labute approximate surface area is 113 Å². The molecule has 0 bridgehead atoms. The van der Waals surface area contributed by atoms with Gasteiger partial charge in [0.15, 0.2) is 6.10 Å². The standard InChI is InChI=1S/C12H15NO7/c14-6-7(15)9(17)11(10(18)8(6)16)20-12(19)5-2-1-3-13-4-5/h1-4,6-11,14-18H/t6?,7-,8-,9-,10+,11?/m1/s1. The lowest BCUT2D eigenvalue weighted by Gasteiger charge is -2.41. The van der Waals surface area contributed by atoms with Crippen LogP contribution >= 0.6 is 0 Å². The fourth-order valence-electron chi connectivity index (χ4n) is 2.01. The van der Waals surface area contributed by atoms with Crippen LogP contribution in [0.25, 0.3) is 0 Å².